The van der Waals surface area contributed by atoms with E-state index in [-0.39, 0.29) is 5.56 Å². The average molecular weight is 516 g/mol. The van der Waals surface area contributed by atoms with Gasteiger partial charge in [-0.05, 0) is 36.8 Å². The summed E-state index contributed by atoms with van der Waals surface area (Å²) in [6, 6.07) is 19.3. The quantitative estimate of drug-likeness (QED) is 0.305. The summed E-state index contributed by atoms with van der Waals surface area (Å²) in [5.41, 5.74) is 3.47. The van der Waals surface area contributed by atoms with Gasteiger partial charge in [0, 0.05) is 11.1 Å². The Hall–Kier alpha value is -4.37. The number of methoxy groups -OCH3 is 3. The van der Waals surface area contributed by atoms with Crippen molar-refractivity contribution in [3.05, 3.63) is 92.2 Å². The molecular weight excluding hydrogens is 490 g/mol. The van der Waals surface area contributed by atoms with Gasteiger partial charge in [0.2, 0.25) is 10.7 Å². The van der Waals surface area contributed by atoms with E-state index in [0.717, 1.165) is 11.1 Å². The molecule has 5 rings (SSSR count). The fraction of sp³-hybridized carbons (Fsp3) is 0.179. The molecule has 9 heteroatoms. The van der Waals surface area contributed by atoms with Crippen molar-refractivity contribution in [1.82, 2.24) is 14.6 Å². The Labute approximate surface area is 217 Å². The fourth-order valence-corrected chi connectivity index (χ4v) is 4.78. The summed E-state index contributed by atoms with van der Waals surface area (Å²) in [5, 5.41) is 4.46. The van der Waals surface area contributed by atoms with E-state index in [2.05, 4.69) is 29.1 Å². The second kappa shape index (κ2) is 10.3. The van der Waals surface area contributed by atoms with Crippen LogP contribution in [0, 0.1) is 6.92 Å². The van der Waals surface area contributed by atoms with Crippen LogP contribution in [0.1, 0.15) is 16.7 Å². The monoisotopic (exact) mass is 515 g/mol. The first-order chi connectivity index (χ1) is 18.0. The number of ether oxygens (including phenoxy) is 4. The Morgan fingerprint density at radius 2 is 1.62 bits per heavy atom. The molecule has 0 N–H and O–H groups in total. The molecule has 0 spiro atoms. The molecule has 37 heavy (non-hydrogen) atoms. The van der Waals surface area contributed by atoms with E-state index in [0.29, 0.717) is 50.5 Å². The minimum atomic E-state index is -0.250. The van der Waals surface area contributed by atoms with Crippen LogP contribution in [0.4, 0.5) is 0 Å². The summed E-state index contributed by atoms with van der Waals surface area (Å²) < 4.78 is 24.1. The van der Waals surface area contributed by atoms with Gasteiger partial charge in [0.1, 0.15) is 12.4 Å². The third-order valence-corrected chi connectivity index (χ3v) is 6.78. The van der Waals surface area contributed by atoms with Crippen LogP contribution in [0.15, 0.2) is 65.5 Å². The van der Waals surface area contributed by atoms with Gasteiger partial charge in [0.25, 0.3) is 5.56 Å². The van der Waals surface area contributed by atoms with Crippen LogP contribution in [0.25, 0.3) is 22.4 Å². The standard InChI is InChI=1S/C28H25N3O5S/c1-17-9-11-18(12-10-17)16-36-21-8-6-5-7-19(21)15-24-27(32)31-28(37-24)29-26(30-31)20-13-22(33-2)25(35-4)23(14-20)34-3/h5-15H,16H2,1-4H3/b24-15+. The first-order valence-corrected chi connectivity index (χ1v) is 12.3. The maximum absolute atomic E-state index is 13.2. The van der Waals surface area contributed by atoms with Gasteiger partial charge in [0.15, 0.2) is 17.3 Å². The lowest BCUT2D eigenvalue weighted by Crippen LogP contribution is -2.23. The van der Waals surface area contributed by atoms with E-state index in [1.165, 1.54) is 21.4 Å². The second-order valence-corrected chi connectivity index (χ2v) is 9.28. The predicted molar refractivity (Wildman–Crippen MR) is 143 cm³/mol. The van der Waals surface area contributed by atoms with E-state index in [4.69, 9.17) is 18.9 Å². The molecule has 0 aliphatic rings. The number of nitrogens with zero attached hydrogens (tertiary/aromatic N) is 3. The minimum absolute atomic E-state index is 0.250. The molecule has 0 bridgehead atoms. The summed E-state index contributed by atoms with van der Waals surface area (Å²) in [5.74, 6) is 2.51. The SMILES string of the molecule is COc1cc(-c2nc3s/c(=C/c4ccccc4OCc4ccc(C)cc4)c(=O)n3n2)cc(OC)c1OC. The molecule has 0 fully saturated rings. The largest absolute Gasteiger partial charge is 0.493 e. The van der Waals surface area contributed by atoms with Gasteiger partial charge in [-0.25, -0.2) is 0 Å². The number of hydrogen-bond donors (Lipinski definition) is 0. The zero-order valence-corrected chi connectivity index (χ0v) is 21.7. The third kappa shape index (κ3) is 4.85. The van der Waals surface area contributed by atoms with Gasteiger partial charge in [-0.1, -0.05) is 59.4 Å². The summed E-state index contributed by atoms with van der Waals surface area (Å²) in [7, 11) is 4.62. The summed E-state index contributed by atoms with van der Waals surface area (Å²) >= 11 is 1.27. The van der Waals surface area contributed by atoms with Crippen molar-refractivity contribution in [2.45, 2.75) is 13.5 Å². The van der Waals surface area contributed by atoms with Crippen LogP contribution in [0.5, 0.6) is 23.0 Å². The molecule has 0 amide bonds. The molecule has 188 valence electrons. The molecule has 0 atom stereocenters. The highest BCUT2D eigenvalue weighted by Gasteiger charge is 2.18. The number of fused-ring (bicyclic) bond motifs is 1. The van der Waals surface area contributed by atoms with Gasteiger partial charge >= 0.3 is 0 Å². The first-order valence-electron chi connectivity index (χ1n) is 11.5. The Bertz CT molecular complexity index is 1650. The smallest absolute Gasteiger partial charge is 0.291 e. The zero-order valence-electron chi connectivity index (χ0n) is 20.8. The number of hydrogen-bond acceptors (Lipinski definition) is 8. The van der Waals surface area contributed by atoms with Gasteiger partial charge in [-0.2, -0.15) is 9.50 Å². The van der Waals surface area contributed by atoms with Crippen LogP contribution in [0.2, 0.25) is 0 Å². The summed E-state index contributed by atoms with van der Waals surface area (Å²) in [4.78, 5) is 18.2. The van der Waals surface area contributed by atoms with Crippen molar-refractivity contribution >= 4 is 22.4 Å². The number of benzene rings is 3. The van der Waals surface area contributed by atoms with Crippen LogP contribution < -0.4 is 29.0 Å². The van der Waals surface area contributed by atoms with Gasteiger partial charge in [-0.3, -0.25) is 4.79 Å². The van der Waals surface area contributed by atoms with Crippen LogP contribution in [-0.4, -0.2) is 35.9 Å². The van der Waals surface area contributed by atoms with E-state index < -0.39 is 0 Å². The fourth-order valence-electron chi connectivity index (χ4n) is 3.88. The molecule has 3 aromatic carbocycles. The normalized spacial score (nSPS) is 11.6. The Morgan fingerprint density at radius 3 is 2.27 bits per heavy atom. The molecule has 2 heterocycles. The van der Waals surface area contributed by atoms with Crippen molar-refractivity contribution in [3.8, 4) is 34.4 Å². The van der Waals surface area contributed by atoms with Crippen molar-refractivity contribution in [2.75, 3.05) is 21.3 Å². The lowest BCUT2D eigenvalue weighted by Gasteiger charge is -2.12. The summed E-state index contributed by atoms with van der Waals surface area (Å²) in [6.07, 6.45) is 1.81. The van der Waals surface area contributed by atoms with Crippen LogP contribution in [-0.2, 0) is 6.61 Å². The van der Waals surface area contributed by atoms with Gasteiger partial charge < -0.3 is 18.9 Å². The average Bonchev–Trinajstić information content (AvgIpc) is 3.47. The molecule has 0 unspecified atom stereocenters. The zero-order chi connectivity index (χ0) is 25.9. The van der Waals surface area contributed by atoms with Crippen molar-refractivity contribution < 1.29 is 18.9 Å². The maximum Gasteiger partial charge on any atom is 0.291 e. The number of thiazole rings is 1. The molecule has 5 aromatic rings. The molecule has 8 nitrogen and oxygen atoms in total. The highest BCUT2D eigenvalue weighted by Crippen LogP contribution is 2.40. The van der Waals surface area contributed by atoms with Crippen molar-refractivity contribution in [3.63, 3.8) is 0 Å². The molecule has 0 aliphatic carbocycles. The maximum atomic E-state index is 13.2. The van der Waals surface area contributed by atoms with E-state index >= 15 is 0 Å². The Balaban J connectivity index is 1.48. The molecule has 2 aromatic heterocycles. The highest BCUT2D eigenvalue weighted by molar-refractivity contribution is 7.15. The van der Waals surface area contributed by atoms with Crippen molar-refractivity contribution in [2.24, 2.45) is 0 Å². The lowest BCUT2D eigenvalue weighted by atomic mass is 10.1. The Kier molecular flexibility index (Phi) is 6.78. The number of rotatable bonds is 8. The predicted octanol–water partition coefficient (Wildman–Crippen LogP) is 4.28. The molecule has 0 saturated carbocycles. The first kappa shape index (κ1) is 24.3. The second-order valence-electron chi connectivity index (χ2n) is 8.27. The number of aryl methyl sites for hydroxylation is 1. The molecule has 0 saturated heterocycles. The third-order valence-electron chi connectivity index (χ3n) is 5.83. The molecule has 0 radical (unpaired) electrons. The molecule has 0 aliphatic heterocycles. The van der Waals surface area contributed by atoms with E-state index in [9.17, 15) is 4.79 Å². The minimum Gasteiger partial charge on any atom is -0.493 e. The summed E-state index contributed by atoms with van der Waals surface area (Å²) in [6.45, 7) is 2.48. The van der Waals surface area contributed by atoms with Crippen LogP contribution in [0.3, 0.4) is 0 Å². The van der Waals surface area contributed by atoms with Crippen LogP contribution >= 0.6 is 11.3 Å². The van der Waals surface area contributed by atoms with E-state index in [1.54, 1.807) is 33.5 Å². The number of para-hydroxylation sites is 1. The van der Waals surface area contributed by atoms with Gasteiger partial charge in [0.05, 0.1) is 25.9 Å². The highest BCUT2D eigenvalue weighted by atomic mass is 32.1. The lowest BCUT2D eigenvalue weighted by molar-refractivity contribution is 0.305. The van der Waals surface area contributed by atoms with Gasteiger partial charge in [-0.15, -0.1) is 5.10 Å². The topological polar surface area (TPSA) is 84.2 Å². The van der Waals surface area contributed by atoms with E-state index in [1.807, 2.05) is 42.5 Å². The van der Waals surface area contributed by atoms with Crippen molar-refractivity contribution in [1.29, 1.82) is 0 Å². The molecular formula is C28H25N3O5S. The Morgan fingerprint density at radius 1 is 0.919 bits per heavy atom. The number of aromatic nitrogens is 3.